The number of carbonyl (C=O) groups is 1. The topological polar surface area (TPSA) is 76.6 Å². The molecule has 2 rings (SSSR count). The van der Waals surface area contributed by atoms with Crippen molar-refractivity contribution in [1.82, 2.24) is 9.88 Å². The van der Waals surface area contributed by atoms with Crippen LogP contribution in [0.5, 0.6) is 0 Å². The van der Waals surface area contributed by atoms with Gasteiger partial charge in [-0.1, -0.05) is 13.0 Å². The molecule has 0 spiro atoms. The number of piperidine rings is 1. The first kappa shape index (κ1) is 17.9. The highest BCUT2D eigenvalue weighted by atomic mass is 32.2. The standard InChI is InChI=1S/C16H24N2O4S/c1-3-23(20,21)13(2)16(19)18-9-6-15(7-10-18)22-12-14-5-4-8-17-11-14/h4-5,8,11,13,15H,3,6-7,9-10,12H2,1-2H3/t13-/m1/s1. The highest BCUT2D eigenvalue weighted by Crippen LogP contribution is 2.18. The molecule has 7 heteroatoms. The van der Waals surface area contributed by atoms with Crippen molar-refractivity contribution in [2.75, 3.05) is 18.8 Å². The molecule has 23 heavy (non-hydrogen) atoms. The minimum atomic E-state index is -3.34. The smallest absolute Gasteiger partial charge is 0.240 e. The van der Waals surface area contributed by atoms with Gasteiger partial charge in [-0.25, -0.2) is 8.42 Å². The molecule has 1 fully saturated rings. The number of pyridine rings is 1. The van der Waals surface area contributed by atoms with Gasteiger partial charge in [-0.15, -0.1) is 0 Å². The molecule has 0 unspecified atom stereocenters. The fourth-order valence-electron chi connectivity index (χ4n) is 2.60. The van der Waals surface area contributed by atoms with E-state index in [2.05, 4.69) is 4.98 Å². The Morgan fingerprint density at radius 2 is 2.13 bits per heavy atom. The van der Waals surface area contributed by atoms with E-state index in [9.17, 15) is 13.2 Å². The van der Waals surface area contributed by atoms with Gasteiger partial charge in [0.25, 0.3) is 0 Å². The van der Waals surface area contributed by atoms with Crippen molar-refractivity contribution < 1.29 is 17.9 Å². The predicted octanol–water partition coefficient (Wildman–Crippen LogP) is 1.41. The number of carbonyl (C=O) groups excluding carboxylic acids is 1. The molecule has 1 aliphatic heterocycles. The van der Waals surface area contributed by atoms with Crippen LogP contribution in [0.4, 0.5) is 0 Å². The number of hydrogen-bond donors (Lipinski definition) is 0. The lowest BCUT2D eigenvalue weighted by molar-refractivity contribution is -0.133. The lowest BCUT2D eigenvalue weighted by Gasteiger charge is -2.33. The lowest BCUT2D eigenvalue weighted by atomic mass is 10.1. The average molecular weight is 340 g/mol. The molecule has 0 radical (unpaired) electrons. The fraction of sp³-hybridized carbons (Fsp3) is 0.625. The van der Waals surface area contributed by atoms with Crippen LogP contribution >= 0.6 is 0 Å². The number of nitrogens with zero attached hydrogens (tertiary/aromatic N) is 2. The summed E-state index contributed by atoms with van der Waals surface area (Å²) in [5.41, 5.74) is 1.02. The van der Waals surface area contributed by atoms with Crippen LogP contribution in [0.3, 0.4) is 0 Å². The Labute approximate surface area is 137 Å². The van der Waals surface area contributed by atoms with E-state index in [1.807, 2.05) is 12.1 Å². The molecule has 0 aromatic carbocycles. The van der Waals surface area contributed by atoms with Gasteiger partial charge in [-0.3, -0.25) is 9.78 Å². The van der Waals surface area contributed by atoms with Crippen LogP contribution in [0.15, 0.2) is 24.5 Å². The summed E-state index contributed by atoms with van der Waals surface area (Å²) >= 11 is 0. The lowest BCUT2D eigenvalue weighted by Crippen LogP contribution is -2.47. The molecule has 1 aromatic rings. The van der Waals surface area contributed by atoms with E-state index in [0.29, 0.717) is 19.7 Å². The molecule has 1 aliphatic rings. The largest absolute Gasteiger partial charge is 0.373 e. The minimum absolute atomic E-state index is 0.00933. The molecule has 0 bridgehead atoms. The number of aromatic nitrogens is 1. The maximum absolute atomic E-state index is 12.3. The number of likely N-dealkylation sites (tertiary alicyclic amines) is 1. The summed E-state index contributed by atoms with van der Waals surface area (Å²) in [6.45, 7) is 4.64. The SMILES string of the molecule is CCS(=O)(=O)[C@H](C)C(=O)N1CCC(OCc2cccnc2)CC1. The number of rotatable bonds is 6. The maximum atomic E-state index is 12.3. The first-order chi connectivity index (χ1) is 10.9. The van der Waals surface area contributed by atoms with E-state index in [0.717, 1.165) is 18.4 Å². The van der Waals surface area contributed by atoms with Gasteiger partial charge in [0, 0.05) is 31.2 Å². The maximum Gasteiger partial charge on any atom is 0.240 e. The molecule has 0 N–H and O–H groups in total. The zero-order valence-electron chi connectivity index (χ0n) is 13.6. The third kappa shape index (κ3) is 4.75. The van der Waals surface area contributed by atoms with Crippen molar-refractivity contribution >= 4 is 15.7 Å². The van der Waals surface area contributed by atoms with E-state index in [4.69, 9.17) is 4.74 Å². The highest BCUT2D eigenvalue weighted by molar-refractivity contribution is 7.92. The molecule has 128 valence electrons. The monoisotopic (exact) mass is 340 g/mol. The number of sulfone groups is 1. The van der Waals surface area contributed by atoms with Crippen molar-refractivity contribution in [2.45, 2.75) is 44.6 Å². The molecule has 0 aliphatic carbocycles. The zero-order chi connectivity index (χ0) is 16.9. The fourth-order valence-corrected chi connectivity index (χ4v) is 3.56. The molecule has 0 saturated carbocycles. The Balaban J connectivity index is 1.80. The summed E-state index contributed by atoms with van der Waals surface area (Å²) < 4.78 is 29.5. The summed E-state index contributed by atoms with van der Waals surface area (Å²) in [5.74, 6) is -0.303. The molecule has 1 amide bonds. The van der Waals surface area contributed by atoms with Gasteiger partial charge >= 0.3 is 0 Å². The minimum Gasteiger partial charge on any atom is -0.373 e. The molecule has 2 heterocycles. The number of ether oxygens (including phenoxy) is 1. The molecule has 1 saturated heterocycles. The summed E-state index contributed by atoms with van der Waals surface area (Å²) in [7, 11) is -3.34. The first-order valence-corrected chi connectivity index (χ1v) is 9.66. The van der Waals surface area contributed by atoms with Gasteiger partial charge in [0.05, 0.1) is 12.7 Å². The van der Waals surface area contributed by atoms with E-state index in [-0.39, 0.29) is 17.8 Å². The quantitative estimate of drug-likeness (QED) is 0.782. The highest BCUT2D eigenvalue weighted by Gasteiger charge is 2.32. The van der Waals surface area contributed by atoms with Gasteiger partial charge in [0.1, 0.15) is 5.25 Å². The van der Waals surface area contributed by atoms with Crippen LogP contribution in [-0.2, 0) is 26.0 Å². The Morgan fingerprint density at radius 1 is 1.43 bits per heavy atom. The van der Waals surface area contributed by atoms with E-state index in [1.54, 1.807) is 24.2 Å². The van der Waals surface area contributed by atoms with Crippen LogP contribution in [-0.4, -0.2) is 54.4 Å². The summed E-state index contributed by atoms with van der Waals surface area (Å²) in [6.07, 6.45) is 5.04. The van der Waals surface area contributed by atoms with Crippen molar-refractivity contribution in [2.24, 2.45) is 0 Å². The van der Waals surface area contributed by atoms with Crippen LogP contribution < -0.4 is 0 Å². The third-order valence-corrected chi connectivity index (χ3v) is 6.33. The molecule has 1 aromatic heterocycles. The van der Waals surface area contributed by atoms with E-state index < -0.39 is 15.1 Å². The van der Waals surface area contributed by atoms with Gasteiger partial charge in [0.2, 0.25) is 5.91 Å². The normalized spacial score (nSPS) is 17.9. The van der Waals surface area contributed by atoms with Gasteiger partial charge in [-0.2, -0.15) is 0 Å². The van der Waals surface area contributed by atoms with Crippen molar-refractivity contribution in [3.8, 4) is 0 Å². The zero-order valence-corrected chi connectivity index (χ0v) is 14.5. The van der Waals surface area contributed by atoms with Crippen LogP contribution in [0, 0.1) is 0 Å². The number of amides is 1. The second-order valence-electron chi connectivity index (χ2n) is 5.79. The Hall–Kier alpha value is -1.47. The summed E-state index contributed by atoms with van der Waals surface area (Å²) in [5, 5.41) is -0.958. The summed E-state index contributed by atoms with van der Waals surface area (Å²) in [6, 6.07) is 3.83. The van der Waals surface area contributed by atoms with Gasteiger partial charge in [-0.05, 0) is 31.4 Å². The third-order valence-electron chi connectivity index (χ3n) is 4.25. The second kappa shape index (κ2) is 7.88. The predicted molar refractivity (Wildman–Crippen MR) is 87.6 cm³/mol. The second-order valence-corrected chi connectivity index (χ2v) is 8.40. The summed E-state index contributed by atoms with van der Waals surface area (Å²) in [4.78, 5) is 18.0. The number of hydrogen-bond acceptors (Lipinski definition) is 5. The molecular weight excluding hydrogens is 316 g/mol. The Morgan fingerprint density at radius 3 is 2.70 bits per heavy atom. The average Bonchev–Trinajstić information content (AvgIpc) is 2.60. The molecular formula is C16H24N2O4S. The molecule has 6 nitrogen and oxygen atoms in total. The van der Waals surface area contributed by atoms with E-state index in [1.165, 1.54) is 6.92 Å². The van der Waals surface area contributed by atoms with Crippen LogP contribution in [0.25, 0.3) is 0 Å². The van der Waals surface area contributed by atoms with E-state index >= 15 is 0 Å². The van der Waals surface area contributed by atoms with Gasteiger partial charge in [0.15, 0.2) is 9.84 Å². The molecule has 1 atom stereocenters. The van der Waals surface area contributed by atoms with Crippen LogP contribution in [0.1, 0.15) is 32.3 Å². The van der Waals surface area contributed by atoms with Crippen molar-refractivity contribution in [1.29, 1.82) is 0 Å². The van der Waals surface area contributed by atoms with Gasteiger partial charge < -0.3 is 9.64 Å². The van der Waals surface area contributed by atoms with Crippen molar-refractivity contribution in [3.63, 3.8) is 0 Å². The Kier molecular flexibility index (Phi) is 6.12. The van der Waals surface area contributed by atoms with Crippen molar-refractivity contribution in [3.05, 3.63) is 30.1 Å². The Bertz CT molecular complexity index is 610. The first-order valence-electron chi connectivity index (χ1n) is 7.95. The van der Waals surface area contributed by atoms with Crippen LogP contribution in [0.2, 0.25) is 0 Å².